The van der Waals surface area contributed by atoms with Crippen LogP contribution in [0.2, 0.25) is 0 Å². The second-order valence-corrected chi connectivity index (χ2v) is 7.14. The highest BCUT2D eigenvalue weighted by atomic mass is 16.5. The van der Waals surface area contributed by atoms with Crippen molar-refractivity contribution in [1.82, 2.24) is 20.3 Å². The monoisotopic (exact) mass is 428 g/mol. The molecule has 2 aromatic heterocycles. The van der Waals surface area contributed by atoms with E-state index >= 15 is 0 Å². The van der Waals surface area contributed by atoms with Gasteiger partial charge in [0.1, 0.15) is 17.3 Å². The summed E-state index contributed by atoms with van der Waals surface area (Å²) in [7, 11) is 1.63. The predicted octanol–water partition coefficient (Wildman–Crippen LogP) is 3.93. The lowest BCUT2D eigenvalue weighted by Crippen LogP contribution is -2.29. The van der Waals surface area contributed by atoms with E-state index in [-0.39, 0.29) is 5.91 Å². The van der Waals surface area contributed by atoms with Crippen molar-refractivity contribution in [2.75, 3.05) is 30.8 Å². The molecule has 2 heterocycles. The van der Waals surface area contributed by atoms with Crippen LogP contribution in [0, 0.1) is 6.92 Å². The number of aryl methyl sites for hydroxylation is 1. The molecule has 0 radical (unpaired) electrons. The minimum absolute atomic E-state index is 0.212. The van der Waals surface area contributed by atoms with Gasteiger partial charge in [0.25, 0.3) is 5.91 Å². The van der Waals surface area contributed by atoms with Gasteiger partial charge in [-0.2, -0.15) is 4.98 Å². The van der Waals surface area contributed by atoms with E-state index in [2.05, 4.69) is 30.9 Å². The third-order valence-corrected chi connectivity index (χ3v) is 4.80. The van der Waals surface area contributed by atoms with E-state index < -0.39 is 0 Å². The fourth-order valence-corrected chi connectivity index (χ4v) is 3.27. The minimum Gasteiger partial charge on any atom is -0.497 e. The lowest BCUT2D eigenvalue weighted by Gasteiger charge is -2.11. The zero-order chi connectivity index (χ0) is 22.3. The summed E-state index contributed by atoms with van der Waals surface area (Å²) in [6.45, 7) is 2.78. The molecule has 0 bridgehead atoms. The van der Waals surface area contributed by atoms with Crippen LogP contribution in [0.1, 0.15) is 16.2 Å². The van der Waals surface area contributed by atoms with Crippen molar-refractivity contribution in [2.24, 2.45) is 0 Å². The minimum atomic E-state index is -0.212. The molecule has 0 spiro atoms. The number of hydrogen-bond acceptors (Lipinski definition) is 7. The number of rotatable bonds is 8. The summed E-state index contributed by atoms with van der Waals surface area (Å²) < 4.78 is 5.18. The summed E-state index contributed by atoms with van der Waals surface area (Å²) in [5, 5.41) is 11.1. The average molecular weight is 428 g/mol. The quantitative estimate of drug-likeness (QED) is 0.366. The van der Waals surface area contributed by atoms with E-state index in [9.17, 15) is 4.79 Å². The van der Waals surface area contributed by atoms with Crippen molar-refractivity contribution in [3.05, 3.63) is 78.2 Å². The van der Waals surface area contributed by atoms with E-state index in [1.807, 2.05) is 67.6 Å². The van der Waals surface area contributed by atoms with Crippen LogP contribution >= 0.6 is 0 Å². The first-order chi connectivity index (χ1) is 15.6. The van der Waals surface area contributed by atoms with Crippen LogP contribution < -0.4 is 20.7 Å². The Morgan fingerprint density at radius 2 is 1.81 bits per heavy atom. The van der Waals surface area contributed by atoms with Gasteiger partial charge in [-0.15, -0.1) is 0 Å². The second kappa shape index (κ2) is 9.74. The number of aromatic nitrogens is 3. The van der Waals surface area contributed by atoms with Crippen molar-refractivity contribution < 1.29 is 9.53 Å². The number of anilines is 3. The van der Waals surface area contributed by atoms with E-state index in [0.29, 0.717) is 30.5 Å². The highest BCUT2D eigenvalue weighted by molar-refractivity contribution is 6.05. The Kier molecular flexibility index (Phi) is 6.41. The largest absolute Gasteiger partial charge is 0.497 e. The Hall–Kier alpha value is -4.20. The summed E-state index contributed by atoms with van der Waals surface area (Å²) in [6.07, 6.45) is 1.65. The average Bonchev–Trinajstić information content (AvgIpc) is 2.81. The molecule has 0 saturated heterocycles. The fraction of sp³-hybridized carbons (Fsp3) is 0.167. The number of carbonyl (C=O) groups excluding carboxylic acids is 1. The van der Waals surface area contributed by atoms with Gasteiger partial charge in [-0.25, -0.2) is 4.98 Å². The molecule has 3 N–H and O–H groups in total. The number of pyridine rings is 1. The number of carbonyl (C=O) groups is 1. The molecule has 1 amide bonds. The number of nitrogens with zero attached hydrogens (tertiary/aromatic N) is 3. The molecule has 8 nitrogen and oxygen atoms in total. The van der Waals surface area contributed by atoms with E-state index in [1.165, 1.54) is 0 Å². The number of fused-ring (bicyclic) bond motifs is 1. The van der Waals surface area contributed by atoms with E-state index in [0.717, 1.165) is 27.9 Å². The van der Waals surface area contributed by atoms with Crippen molar-refractivity contribution in [1.29, 1.82) is 0 Å². The first kappa shape index (κ1) is 21.0. The van der Waals surface area contributed by atoms with Crippen LogP contribution in [-0.4, -0.2) is 41.1 Å². The Labute approximate surface area is 186 Å². The molecule has 0 aliphatic heterocycles. The molecule has 32 heavy (non-hydrogen) atoms. The van der Waals surface area contributed by atoms with Gasteiger partial charge in [0, 0.05) is 42.1 Å². The smallest absolute Gasteiger partial charge is 0.270 e. The second-order valence-electron chi connectivity index (χ2n) is 7.14. The van der Waals surface area contributed by atoms with Crippen LogP contribution in [0.25, 0.3) is 10.8 Å². The van der Waals surface area contributed by atoms with Crippen LogP contribution in [0.3, 0.4) is 0 Å². The molecule has 2 aromatic carbocycles. The number of amides is 1. The van der Waals surface area contributed by atoms with Gasteiger partial charge in [0.05, 0.1) is 7.11 Å². The number of nitrogens with one attached hydrogen (secondary N) is 3. The Morgan fingerprint density at radius 3 is 2.62 bits per heavy atom. The standard InChI is InChI=1S/C24H24N6O2/c1-16-15-21(29-18-7-9-19(32-2)10-8-18)30-24(28-16)27-14-13-26-23(31)22-20-6-4-3-5-17(20)11-12-25-22/h3-12,15H,13-14H2,1-2H3,(H,26,31)(H2,27,28,29,30). The summed E-state index contributed by atoms with van der Waals surface area (Å²) in [5.74, 6) is 1.74. The molecule has 0 aliphatic rings. The molecular formula is C24H24N6O2. The van der Waals surface area contributed by atoms with Gasteiger partial charge >= 0.3 is 0 Å². The maximum Gasteiger partial charge on any atom is 0.270 e. The molecule has 0 unspecified atom stereocenters. The normalized spacial score (nSPS) is 10.6. The van der Waals surface area contributed by atoms with Gasteiger partial charge in [0.2, 0.25) is 5.95 Å². The van der Waals surface area contributed by atoms with E-state index in [1.54, 1.807) is 13.3 Å². The highest BCUT2D eigenvalue weighted by Crippen LogP contribution is 2.20. The summed E-state index contributed by atoms with van der Waals surface area (Å²) in [5.41, 5.74) is 2.13. The molecule has 0 aliphatic carbocycles. The van der Waals surface area contributed by atoms with Crippen molar-refractivity contribution in [3.63, 3.8) is 0 Å². The zero-order valence-corrected chi connectivity index (χ0v) is 17.9. The third kappa shape index (κ3) is 5.10. The Morgan fingerprint density at radius 1 is 1.00 bits per heavy atom. The first-order valence-corrected chi connectivity index (χ1v) is 10.2. The molecule has 0 saturated carbocycles. The first-order valence-electron chi connectivity index (χ1n) is 10.2. The number of methoxy groups -OCH3 is 1. The Bertz CT molecular complexity index is 1220. The molecule has 162 valence electrons. The van der Waals surface area contributed by atoms with Crippen LogP contribution in [-0.2, 0) is 0 Å². The van der Waals surface area contributed by atoms with E-state index in [4.69, 9.17) is 4.74 Å². The topological polar surface area (TPSA) is 101 Å². The summed E-state index contributed by atoms with van der Waals surface area (Å²) >= 11 is 0. The van der Waals surface area contributed by atoms with Gasteiger partial charge in [-0.1, -0.05) is 24.3 Å². The third-order valence-electron chi connectivity index (χ3n) is 4.80. The van der Waals surface area contributed by atoms with Crippen molar-refractivity contribution in [3.8, 4) is 5.75 Å². The molecule has 4 aromatic rings. The number of benzene rings is 2. The molecular weight excluding hydrogens is 404 g/mol. The molecule has 8 heteroatoms. The zero-order valence-electron chi connectivity index (χ0n) is 17.9. The van der Waals surface area contributed by atoms with Crippen LogP contribution in [0.5, 0.6) is 5.75 Å². The van der Waals surface area contributed by atoms with Gasteiger partial charge in [-0.3, -0.25) is 9.78 Å². The van der Waals surface area contributed by atoms with Gasteiger partial charge in [0.15, 0.2) is 0 Å². The maximum absolute atomic E-state index is 12.6. The highest BCUT2D eigenvalue weighted by Gasteiger charge is 2.11. The summed E-state index contributed by atoms with van der Waals surface area (Å²) in [4.78, 5) is 25.7. The Balaban J connectivity index is 1.34. The lowest BCUT2D eigenvalue weighted by molar-refractivity contribution is 0.0952. The van der Waals surface area contributed by atoms with Crippen molar-refractivity contribution >= 4 is 34.1 Å². The maximum atomic E-state index is 12.6. The SMILES string of the molecule is COc1ccc(Nc2cc(C)nc(NCCNC(=O)c3nccc4ccccc34)n2)cc1. The van der Waals surface area contributed by atoms with Gasteiger partial charge < -0.3 is 20.7 Å². The molecule has 0 fully saturated rings. The molecule has 4 rings (SSSR count). The predicted molar refractivity (Wildman–Crippen MR) is 126 cm³/mol. The number of ether oxygens (including phenoxy) is 1. The van der Waals surface area contributed by atoms with Crippen LogP contribution in [0.15, 0.2) is 66.9 Å². The van der Waals surface area contributed by atoms with Crippen LogP contribution in [0.4, 0.5) is 17.5 Å². The van der Waals surface area contributed by atoms with Crippen molar-refractivity contribution in [2.45, 2.75) is 6.92 Å². The molecule has 0 atom stereocenters. The van der Waals surface area contributed by atoms with Gasteiger partial charge in [-0.05, 0) is 42.6 Å². The fourth-order valence-electron chi connectivity index (χ4n) is 3.27. The number of hydrogen-bond donors (Lipinski definition) is 3. The summed E-state index contributed by atoms with van der Waals surface area (Å²) in [6, 6.07) is 19.0. The lowest BCUT2D eigenvalue weighted by atomic mass is 10.1.